The summed E-state index contributed by atoms with van der Waals surface area (Å²) in [6.45, 7) is 7.94. The summed E-state index contributed by atoms with van der Waals surface area (Å²) in [6, 6.07) is 12.3. The van der Waals surface area contributed by atoms with E-state index in [9.17, 15) is 0 Å². The highest BCUT2D eigenvalue weighted by atomic mass is 16.5. The number of nitrogens with two attached hydrogens (primary N) is 1. The predicted octanol–water partition coefficient (Wildman–Crippen LogP) is 4.09. The van der Waals surface area contributed by atoms with Gasteiger partial charge in [0, 0.05) is 5.92 Å². The van der Waals surface area contributed by atoms with Crippen molar-refractivity contribution in [2.45, 2.75) is 33.1 Å². The minimum Gasteiger partial charge on any atom is -0.494 e. The first-order valence-electron chi connectivity index (χ1n) is 8.86. The zero-order chi connectivity index (χ0) is 18.2. The van der Waals surface area contributed by atoms with Crippen LogP contribution in [0.1, 0.15) is 36.5 Å². The quantitative estimate of drug-likeness (QED) is 0.745. The minimum absolute atomic E-state index is 0.249. The summed E-state index contributed by atoms with van der Waals surface area (Å²) in [5.41, 5.74) is 9.74. The summed E-state index contributed by atoms with van der Waals surface area (Å²) in [4.78, 5) is 0. The standard InChI is InChI=1S/C21H29NO3/c1-5-24-18-8-9-19(15(3)11-18)17(14-22)12-16-7-10-20(23-4)21(13-16)25-6-2/h7-11,13,17H,5-6,12,14,22H2,1-4H3. The van der Waals surface area contributed by atoms with Crippen LogP contribution in [0.4, 0.5) is 0 Å². The lowest BCUT2D eigenvalue weighted by atomic mass is 9.89. The van der Waals surface area contributed by atoms with Crippen molar-refractivity contribution in [2.24, 2.45) is 5.73 Å². The van der Waals surface area contributed by atoms with E-state index >= 15 is 0 Å². The lowest BCUT2D eigenvalue weighted by Gasteiger charge is -2.19. The SMILES string of the molecule is CCOc1ccc(C(CN)Cc2ccc(OC)c(OCC)c2)c(C)c1. The molecule has 0 aliphatic carbocycles. The Hall–Kier alpha value is -2.20. The van der Waals surface area contributed by atoms with E-state index in [1.54, 1.807) is 7.11 Å². The molecule has 0 bridgehead atoms. The van der Waals surface area contributed by atoms with Gasteiger partial charge in [-0.05, 0) is 74.7 Å². The van der Waals surface area contributed by atoms with Crippen molar-refractivity contribution in [3.8, 4) is 17.2 Å². The van der Waals surface area contributed by atoms with E-state index in [4.69, 9.17) is 19.9 Å². The lowest BCUT2D eigenvalue weighted by Crippen LogP contribution is -2.16. The van der Waals surface area contributed by atoms with E-state index in [0.29, 0.717) is 19.8 Å². The molecule has 1 atom stereocenters. The van der Waals surface area contributed by atoms with Crippen LogP contribution in [0.5, 0.6) is 17.2 Å². The molecular formula is C21H29NO3. The van der Waals surface area contributed by atoms with Crippen LogP contribution >= 0.6 is 0 Å². The van der Waals surface area contributed by atoms with Gasteiger partial charge >= 0.3 is 0 Å². The summed E-state index contributed by atoms with van der Waals surface area (Å²) in [7, 11) is 1.66. The van der Waals surface area contributed by atoms with Gasteiger partial charge in [0.05, 0.1) is 20.3 Å². The monoisotopic (exact) mass is 343 g/mol. The van der Waals surface area contributed by atoms with Gasteiger partial charge in [0.1, 0.15) is 5.75 Å². The van der Waals surface area contributed by atoms with Gasteiger partial charge in [0.25, 0.3) is 0 Å². The molecule has 136 valence electrons. The Morgan fingerprint density at radius 1 is 0.960 bits per heavy atom. The average molecular weight is 343 g/mol. The van der Waals surface area contributed by atoms with Crippen LogP contribution in [-0.2, 0) is 6.42 Å². The third-order valence-electron chi connectivity index (χ3n) is 4.29. The van der Waals surface area contributed by atoms with Gasteiger partial charge in [-0.15, -0.1) is 0 Å². The van der Waals surface area contributed by atoms with Gasteiger partial charge in [-0.25, -0.2) is 0 Å². The molecule has 2 aromatic rings. The lowest BCUT2D eigenvalue weighted by molar-refractivity contribution is 0.310. The second kappa shape index (κ2) is 9.33. The Bertz CT molecular complexity index is 685. The van der Waals surface area contributed by atoms with Crippen molar-refractivity contribution in [2.75, 3.05) is 26.9 Å². The zero-order valence-electron chi connectivity index (χ0n) is 15.7. The highest BCUT2D eigenvalue weighted by molar-refractivity contribution is 5.44. The van der Waals surface area contributed by atoms with Crippen molar-refractivity contribution in [1.82, 2.24) is 0 Å². The molecule has 0 aliphatic heterocycles. The Kier molecular flexibility index (Phi) is 7.14. The molecule has 0 fully saturated rings. The Labute approximate surface area is 150 Å². The first kappa shape index (κ1) is 19.1. The number of ether oxygens (including phenoxy) is 3. The number of rotatable bonds is 9. The predicted molar refractivity (Wildman–Crippen MR) is 102 cm³/mol. The fraction of sp³-hybridized carbons (Fsp3) is 0.429. The molecule has 4 nitrogen and oxygen atoms in total. The largest absolute Gasteiger partial charge is 0.494 e. The minimum atomic E-state index is 0.249. The highest BCUT2D eigenvalue weighted by Crippen LogP contribution is 2.31. The molecule has 0 aromatic heterocycles. The van der Waals surface area contributed by atoms with Gasteiger partial charge in [-0.2, -0.15) is 0 Å². The van der Waals surface area contributed by atoms with E-state index in [-0.39, 0.29) is 5.92 Å². The van der Waals surface area contributed by atoms with Gasteiger partial charge < -0.3 is 19.9 Å². The zero-order valence-corrected chi connectivity index (χ0v) is 15.7. The van der Waals surface area contributed by atoms with Crippen LogP contribution < -0.4 is 19.9 Å². The second-order valence-corrected chi connectivity index (χ2v) is 6.01. The molecular weight excluding hydrogens is 314 g/mol. The third-order valence-corrected chi connectivity index (χ3v) is 4.29. The molecule has 1 unspecified atom stereocenters. The van der Waals surface area contributed by atoms with Crippen molar-refractivity contribution < 1.29 is 14.2 Å². The molecule has 2 N–H and O–H groups in total. The molecule has 0 aliphatic rings. The van der Waals surface area contributed by atoms with Gasteiger partial charge in [-0.1, -0.05) is 12.1 Å². The average Bonchev–Trinajstić information content (AvgIpc) is 2.61. The first-order valence-corrected chi connectivity index (χ1v) is 8.86. The third kappa shape index (κ3) is 4.89. The Morgan fingerprint density at radius 3 is 2.32 bits per heavy atom. The van der Waals surface area contributed by atoms with Gasteiger partial charge in [0.2, 0.25) is 0 Å². The Balaban J connectivity index is 2.23. The maximum absolute atomic E-state index is 6.08. The summed E-state index contributed by atoms with van der Waals surface area (Å²) < 4.78 is 16.6. The molecule has 25 heavy (non-hydrogen) atoms. The number of methoxy groups -OCH3 is 1. The molecule has 0 heterocycles. The van der Waals surface area contributed by atoms with Crippen molar-refractivity contribution in [3.05, 3.63) is 53.1 Å². The summed E-state index contributed by atoms with van der Waals surface area (Å²) in [5, 5.41) is 0. The van der Waals surface area contributed by atoms with Gasteiger partial charge in [0.15, 0.2) is 11.5 Å². The molecule has 0 amide bonds. The fourth-order valence-corrected chi connectivity index (χ4v) is 3.08. The molecule has 0 spiro atoms. The highest BCUT2D eigenvalue weighted by Gasteiger charge is 2.15. The van der Waals surface area contributed by atoms with E-state index in [1.807, 2.05) is 26.0 Å². The summed E-state index contributed by atoms with van der Waals surface area (Å²) >= 11 is 0. The van der Waals surface area contributed by atoms with Crippen molar-refractivity contribution >= 4 is 0 Å². The number of benzene rings is 2. The van der Waals surface area contributed by atoms with Crippen LogP contribution in [0.25, 0.3) is 0 Å². The van der Waals surface area contributed by atoms with E-state index in [0.717, 1.165) is 23.7 Å². The van der Waals surface area contributed by atoms with Crippen LogP contribution in [0.15, 0.2) is 36.4 Å². The normalized spacial score (nSPS) is 11.9. The van der Waals surface area contributed by atoms with Gasteiger partial charge in [-0.3, -0.25) is 0 Å². The molecule has 0 saturated heterocycles. The molecule has 0 saturated carbocycles. The smallest absolute Gasteiger partial charge is 0.161 e. The van der Waals surface area contributed by atoms with Crippen LogP contribution in [0, 0.1) is 6.92 Å². The second-order valence-electron chi connectivity index (χ2n) is 6.01. The van der Waals surface area contributed by atoms with E-state index < -0.39 is 0 Å². The van der Waals surface area contributed by atoms with Crippen LogP contribution in [0.2, 0.25) is 0 Å². The van der Waals surface area contributed by atoms with E-state index in [1.165, 1.54) is 16.7 Å². The topological polar surface area (TPSA) is 53.7 Å². The molecule has 0 radical (unpaired) electrons. The summed E-state index contributed by atoms with van der Waals surface area (Å²) in [5.74, 6) is 2.69. The Morgan fingerprint density at radius 2 is 1.72 bits per heavy atom. The maximum atomic E-state index is 6.08. The molecule has 2 rings (SSSR count). The van der Waals surface area contributed by atoms with Crippen LogP contribution in [0.3, 0.4) is 0 Å². The van der Waals surface area contributed by atoms with Crippen molar-refractivity contribution in [3.63, 3.8) is 0 Å². The van der Waals surface area contributed by atoms with Crippen molar-refractivity contribution in [1.29, 1.82) is 0 Å². The maximum Gasteiger partial charge on any atom is 0.161 e. The number of aryl methyl sites for hydroxylation is 1. The number of hydrogen-bond acceptors (Lipinski definition) is 4. The summed E-state index contributed by atoms with van der Waals surface area (Å²) in [6.07, 6.45) is 0.857. The number of hydrogen-bond donors (Lipinski definition) is 1. The van der Waals surface area contributed by atoms with E-state index in [2.05, 4.69) is 31.2 Å². The molecule has 2 aromatic carbocycles. The first-order chi connectivity index (χ1) is 12.1. The fourth-order valence-electron chi connectivity index (χ4n) is 3.08. The van der Waals surface area contributed by atoms with Crippen LogP contribution in [-0.4, -0.2) is 26.9 Å². The molecule has 4 heteroatoms.